The van der Waals surface area contributed by atoms with E-state index in [0.717, 1.165) is 44.5 Å². The van der Waals surface area contributed by atoms with Crippen LogP contribution in [0.4, 0.5) is 0 Å². The first-order chi connectivity index (χ1) is 13.4. The van der Waals surface area contributed by atoms with Crippen molar-refractivity contribution in [2.75, 3.05) is 19.8 Å². The minimum Gasteiger partial charge on any atom is -0.508 e. The van der Waals surface area contributed by atoms with Gasteiger partial charge in [-0.15, -0.1) is 0 Å². The first-order valence-electron chi connectivity index (χ1n) is 10.2. The molecule has 3 N–H and O–H groups in total. The Bertz CT molecular complexity index is 729. The Morgan fingerprint density at radius 3 is 2.39 bits per heavy atom. The van der Waals surface area contributed by atoms with Crippen molar-refractivity contribution in [2.24, 2.45) is 11.3 Å². The van der Waals surface area contributed by atoms with Gasteiger partial charge < -0.3 is 20.3 Å². The van der Waals surface area contributed by atoms with Crippen LogP contribution in [0.1, 0.15) is 37.8 Å². The van der Waals surface area contributed by atoms with Crippen LogP contribution in [0.25, 0.3) is 0 Å². The van der Waals surface area contributed by atoms with Crippen LogP contribution in [0.5, 0.6) is 5.75 Å². The summed E-state index contributed by atoms with van der Waals surface area (Å²) in [6.07, 6.45) is 2.84. The molecular formula is C24H33NO3. The maximum absolute atomic E-state index is 10.3. The highest BCUT2D eigenvalue weighted by Gasteiger charge is 2.45. The van der Waals surface area contributed by atoms with Crippen molar-refractivity contribution in [1.29, 1.82) is 0 Å². The van der Waals surface area contributed by atoms with Crippen molar-refractivity contribution in [3.05, 3.63) is 65.7 Å². The molecule has 0 radical (unpaired) electrons. The quantitative estimate of drug-likeness (QED) is 0.647. The maximum atomic E-state index is 10.3. The molecule has 0 aromatic heterocycles. The second kappa shape index (κ2) is 9.08. The van der Waals surface area contributed by atoms with E-state index in [1.165, 1.54) is 5.56 Å². The van der Waals surface area contributed by atoms with Crippen LogP contribution < -0.4 is 5.32 Å². The van der Waals surface area contributed by atoms with Crippen LogP contribution in [0, 0.1) is 11.3 Å². The van der Waals surface area contributed by atoms with Gasteiger partial charge >= 0.3 is 0 Å². The van der Waals surface area contributed by atoms with E-state index in [0.29, 0.717) is 0 Å². The van der Waals surface area contributed by atoms with E-state index in [1.54, 1.807) is 12.1 Å². The summed E-state index contributed by atoms with van der Waals surface area (Å²) in [5, 5.41) is 23.3. The number of hydrogen-bond acceptors (Lipinski definition) is 4. The molecule has 0 saturated carbocycles. The van der Waals surface area contributed by atoms with E-state index in [2.05, 4.69) is 43.4 Å². The normalized spacial score (nSPS) is 22.7. The molecule has 0 aliphatic carbocycles. The lowest BCUT2D eigenvalue weighted by Crippen LogP contribution is -2.50. The SMILES string of the molecule is CC1(C)C[C@@](Cc2ccccc2)([C@@H](CO)CNCc2ccc(O)cc2)CCO1. The summed E-state index contributed by atoms with van der Waals surface area (Å²) >= 11 is 0. The zero-order valence-corrected chi connectivity index (χ0v) is 17.0. The smallest absolute Gasteiger partial charge is 0.115 e. The number of aliphatic hydroxyl groups excluding tert-OH is 1. The van der Waals surface area contributed by atoms with E-state index in [-0.39, 0.29) is 29.3 Å². The molecule has 1 heterocycles. The van der Waals surface area contributed by atoms with Gasteiger partial charge in [-0.3, -0.25) is 0 Å². The minimum atomic E-state index is -0.183. The maximum Gasteiger partial charge on any atom is 0.115 e. The Kier molecular flexibility index (Phi) is 6.76. The molecule has 1 aliphatic rings. The largest absolute Gasteiger partial charge is 0.508 e. The average molecular weight is 384 g/mol. The minimum absolute atomic E-state index is 0.000189. The summed E-state index contributed by atoms with van der Waals surface area (Å²) in [6, 6.07) is 17.9. The van der Waals surface area contributed by atoms with E-state index in [1.807, 2.05) is 18.2 Å². The highest BCUT2D eigenvalue weighted by atomic mass is 16.5. The van der Waals surface area contributed by atoms with Crippen LogP contribution in [0.3, 0.4) is 0 Å². The molecule has 1 aliphatic heterocycles. The highest BCUT2D eigenvalue weighted by molar-refractivity contribution is 5.25. The predicted molar refractivity (Wildman–Crippen MR) is 112 cm³/mol. The van der Waals surface area contributed by atoms with Gasteiger partial charge in [0.15, 0.2) is 0 Å². The third kappa shape index (κ3) is 5.34. The molecule has 0 unspecified atom stereocenters. The van der Waals surface area contributed by atoms with E-state index in [4.69, 9.17) is 4.74 Å². The van der Waals surface area contributed by atoms with Gasteiger partial charge in [0.2, 0.25) is 0 Å². The molecule has 0 bridgehead atoms. The van der Waals surface area contributed by atoms with Gasteiger partial charge in [0, 0.05) is 32.2 Å². The van der Waals surface area contributed by atoms with E-state index in [9.17, 15) is 10.2 Å². The third-order valence-corrected chi connectivity index (χ3v) is 6.01. The molecule has 3 rings (SSSR count). The van der Waals surface area contributed by atoms with Gasteiger partial charge in [0.1, 0.15) is 5.75 Å². The standard InChI is InChI=1S/C24H33NO3/c1-23(2)18-24(12-13-28-23,14-19-6-4-3-5-7-19)21(17-26)16-25-15-20-8-10-22(27)11-9-20/h3-11,21,25-27H,12-18H2,1-2H3/t21-,24-/m1/s1. The molecule has 1 fully saturated rings. The first-order valence-corrected chi connectivity index (χ1v) is 10.2. The number of ether oxygens (including phenoxy) is 1. The molecule has 2 atom stereocenters. The van der Waals surface area contributed by atoms with Crippen molar-refractivity contribution in [3.8, 4) is 5.75 Å². The van der Waals surface area contributed by atoms with Crippen molar-refractivity contribution in [2.45, 2.75) is 45.3 Å². The van der Waals surface area contributed by atoms with Crippen molar-refractivity contribution in [3.63, 3.8) is 0 Å². The van der Waals surface area contributed by atoms with Crippen LogP contribution in [-0.4, -0.2) is 35.6 Å². The summed E-state index contributed by atoms with van der Waals surface area (Å²) < 4.78 is 6.01. The molecule has 4 heteroatoms. The molecule has 4 nitrogen and oxygen atoms in total. The fourth-order valence-corrected chi connectivity index (χ4v) is 4.64. The Hall–Kier alpha value is -1.88. The Morgan fingerprint density at radius 2 is 1.75 bits per heavy atom. The van der Waals surface area contributed by atoms with Gasteiger partial charge in [-0.25, -0.2) is 0 Å². The van der Waals surface area contributed by atoms with Crippen molar-refractivity contribution >= 4 is 0 Å². The van der Waals surface area contributed by atoms with Crippen molar-refractivity contribution < 1.29 is 14.9 Å². The van der Waals surface area contributed by atoms with Gasteiger partial charge in [-0.1, -0.05) is 42.5 Å². The number of aliphatic hydroxyl groups is 1. The molecule has 2 aromatic rings. The van der Waals surface area contributed by atoms with Crippen molar-refractivity contribution in [1.82, 2.24) is 5.32 Å². The lowest BCUT2D eigenvalue weighted by atomic mass is 9.63. The lowest BCUT2D eigenvalue weighted by molar-refractivity contribution is -0.127. The summed E-state index contributed by atoms with van der Waals surface area (Å²) in [7, 11) is 0. The molecule has 28 heavy (non-hydrogen) atoms. The fourth-order valence-electron chi connectivity index (χ4n) is 4.64. The van der Waals surface area contributed by atoms with Gasteiger partial charge in [0.05, 0.1) is 5.60 Å². The number of benzene rings is 2. The number of nitrogens with one attached hydrogen (secondary N) is 1. The van der Waals surface area contributed by atoms with Crippen LogP contribution >= 0.6 is 0 Å². The molecular weight excluding hydrogens is 350 g/mol. The zero-order chi connectivity index (χ0) is 20.0. The number of hydrogen-bond donors (Lipinski definition) is 3. The highest BCUT2D eigenvalue weighted by Crippen LogP contribution is 2.46. The number of aromatic hydroxyl groups is 1. The number of phenolic OH excluding ortho intramolecular Hbond substituents is 1. The molecule has 152 valence electrons. The third-order valence-electron chi connectivity index (χ3n) is 6.01. The summed E-state index contributed by atoms with van der Waals surface area (Å²) in [5.74, 6) is 0.427. The second-order valence-corrected chi connectivity index (χ2v) is 8.74. The molecule has 2 aromatic carbocycles. The Balaban J connectivity index is 1.73. The molecule has 0 spiro atoms. The zero-order valence-electron chi connectivity index (χ0n) is 17.0. The molecule has 1 saturated heterocycles. The fraction of sp³-hybridized carbons (Fsp3) is 0.500. The van der Waals surface area contributed by atoms with Crippen LogP contribution in [0.2, 0.25) is 0 Å². The van der Waals surface area contributed by atoms with Gasteiger partial charge in [-0.2, -0.15) is 0 Å². The number of phenols is 1. The molecule has 0 amide bonds. The summed E-state index contributed by atoms with van der Waals surface area (Å²) in [4.78, 5) is 0. The van der Waals surface area contributed by atoms with Gasteiger partial charge in [-0.05, 0) is 61.8 Å². The van der Waals surface area contributed by atoms with E-state index >= 15 is 0 Å². The topological polar surface area (TPSA) is 61.7 Å². The van der Waals surface area contributed by atoms with Crippen LogP contribution in [-0.2, 0) is 17.7 Å². The number of rotatable bonds is 8. The van der Waals surface area contributed by atoms with Gasteiger partial charge in [0.25, 0.3) is 0 Å². The average Bonchev–Trinajstić information content (AvgIpc) is 2.66. The van der Waals surface area contributed by atoms with Crippen LogP contribution in [0.15, 0.2) is 54.6 Å². The Labute approximate surface area is 168 Å². The Morgan fingerprint density at radius 1 is 1.04 bits per heavy atom. The predicted octanol–water partition coefficient (Wildman–Crippen LogP) is 3.91. The monoisotopic (exact) mass is 383 g/mol. The van der Waals surface area contributed by atoms with E-state index < -0.39 is 0 Å². The first kappa shape index (κ1) is 20.8. The summed E-state index contributed by atoms with van der Waals surface area (Å²) in [5.41, 5.74) is 2.26. The second-order valence-electron chi connectivity index (χ2n) is 8.74. The summed E-state index contributed by atoms with van der Waals surface area (Å²) in [6.45, 7) is 6.67. The lowest BCUT2D eigenvalue weighted by Gasteiger charge is -2.49.